The first kappa shape index (κ1) is 11.6. The topological polar surface area (TPSA) is 18.5 Å². The zero-order valence-electron chi connectivity index (χ0n) is 8.93. The molecule has 78 valence electrons. The highest BCUT2D eigenvalue weighted by Gasteiger charge is 2.18. The first-order valence-corrected chi connectivity index (χ1v) is 8.65. The van der Waals surface area contributed by atoms with Crippen molar-refractivity contribution in [3.63, 3.8) is 0 Å². The number of rotatable bonds is 3. The molecule has 4 heteroatoms. The Morgan fingerprint density at radius 1 is 1.14 bits per heavy atom. The van der Waals surface area contributed by atoms with Crippen molar-refractivity contribution in [3.8, 4) is 11.5 Å². The van der Waals surface area contributed by atoms with Crippen LogP contribution in [0.25, 0.3) is 0 Å². The van der Waals surface area contributed by atoms with Gasteiger partial charge in [-0.15, -0.1) is 0 Å². The molecule has 0 heterocycles. The fourth-order valence-corrected chi connectivity index (χ4v) is 2.22. The van der Waals surface area contributed by atoms with Crippen molar-refractivity contribution in [1.29, 1.82) is 0 Å². The van der Waals surface area contributed by atoms with Crippen LogP contribution in [0.15, 0.2) is 22.7 Å². The Bertz CT molecular complexity index is 320. The molecule has 0 N–H and O–H groups in total. The Morgan fingerprint density at radius 2 is 1.79 bits per heavy atom. The second-order valence-corrected chi connectivity index (χ2v) is 9.35. The lowest BCUT2D eigenvalue weighted by Gasteiger charge is -2.21. The second kappa shape index (κ2) is 4.36. The summed E-state index contributed by atoms with van der Waals surface area (Å²) in [6, 6.07) is 5.80. The molecular formula is C10H15BrO2Si. The van der Waals surface area contributed by atoms with Gasteiger partial charge in [0.25, 0.3) is 0 Å². The van der Waals surface area contributed by atoms with Crippen LogP contribution in [0, 0.1) is 0 Å². The first-order chi connectivity index (χ1) is 6.42. The van der Waals surface area contributed by atoms with Crippen LogP contribution in [-0.4, -0.2) is 15.4 Å². The zero-order chi connectivity index (χ0) is 10.8. The van der Waals surface area contributed by atoms with Crippen molar-refractivity contribution in [1.82, 2.24) is 0 Å². The van der Waals surface area contributed by atoms with Gasteiger partial charge in [0.1, 0.15) is 5.75 Å². The van der Waals surface area contributed by atoms with Crippen LogP contribution >= 0.6 is 15.9 Å². The fourth-order valence-electron chi connectivity index (χ4n) is 1.06. The van der Waals surface area contributed by atoms with Gasteiger partial charge in [0, 0.05) is 4.47 Å². The normalized spacial score (nSPS) is 11.2. The van der Waals surface area contributed by atoms with E-state index in [2.05, 4.69) is 35.6 Å². The summed E-state index contributed by atoms with van der Waals surface area (Å²) in [6.07, 6.45) is 0. The van der Waals surface area contributed by atoms with Gasteiger partial charge in [-0.05, 0) is 37.8 Å². The summed E-state index contributed by atoms with van der Waals surface area (Å²) < 4.78 is 12.1. The molecule has 0 fully saturated rings. The Hall–Kier alpha value is -0.483. The summed E-state index contributed by atoms with van der Waals surface area (Å²) in [5.41, 5.74) is 0. The molecule has 0 atom stereocenters. The molecule has 0 radical (unpaired) electrons. The Balaban J connectivity index is 2.97. The van der Waals surface area contributed by atoms with Gasteiger partial charge in [-0.25, -0.2) is 0 Å². The zero-order valence-corrected chi connectivity index (χ0v) is 11.5. The SMILES string of the molecule is COc1cc(Br)ccc1O[Si](C)(C)C. The highest BCUT2D eigenvalue weighted by molar-refractivity contribution is 9.10. The first-order valence-electron chi connectivity index (χ1n) is 4.45. The van der Waals surface area contributed by atoms with Gasteiger partial charge in [0.05, 0.1) is 7.11 Å². The summed E-state index contributed by atoms with van der Waals surface area (Å²) in [7, 11) is 0.0933. The molecule has 1 rings (SSSR count). The predicted octanol–water partition coefficient (Wildman–Crippen LogP) is 3.67. The van der Waals surface area contributed by atoms with E-state index in [1.165, 1.54) is 0 Å². The Kier molecular flexibility index (Phi) is 3.61. The monoisotopic (exact) mass is 274 g/mol. The van der Waals surface area contributed by atoms with Crippen molar-refractivity contribution >= 4 is 24.2 Å². The van der Waals surface area contributed by atoms with Crippen molar-refractivity contribution in [2.45, 2.75) is 19.6 Å². The number of hydrogen-bond donors (Lipinski definition) is 0. The molecule has 0 saturated heterocycles. The summed E-state index contributed by atoms with van der Waals surface area (Å²) in [6.45, 7) is 6.44. The number of methoxy groups -OCH3 is 1. The molecule has 0 saturated carbocycles. The third kappa shape index (κ3) is 3.34. The molecule has 0 aliphatic heterocycles. The molecule has 0 aromatic heterocycles. The van der Waals surface area contributed by atoms with Crippen molar-refractivity contribution in [3.05, 3.63) is 22.7 Å². The van der Waals surface area contributed by atoms with Crippen molar-refractivity contribution < 1.29 is 9.16 Å². The van der Waals surface area contributed by atoms with E-state index in [0.717, 1.165) is 16.0 Å². The molecule has 0 aliphatic rings. The average Bonchev–Trinajstić information content (AvgIpc) is 2.06. The summed E-state index contributed by atoms with van der Waals surface area (Å²) >= 11 is 3.39. The minimum atomic E-state index is -1.56. The number of ether oxygens (including phenoxy) is 1. The number of benzene rings is 1. The fraction of sp³-hybridized carbons (Fsp3) is 0.400. The van der Waals surface area contributed by atoms with Crippen molar-refractivity contribution in [2.75, 3.05) is 7.11 Å². The van der Waals surface area contributed by atoms with E-state index in [-0.39, 0.29) is 0 Å². The number of halogens is 1. The summed E-state index contributed by atoms with van der Waals surface area (Å²) in [4.78, 5) is 0. The molecule has 14 heavy (non-hydrogen) atoms. The molecule has 0 bridgehead atoms. The van der Waals surface area contributed by atoms with E-state index in [4.69, 9.17) is 9.16 Å². The Morgan fingerprint density at radius 3 is 2.29 bits per heavy atom. The van der Waals surface area contributed by atoms with Crippen LogP contribution in [-0.2, 0) is 0 Å². The van der Waals surface area contributed by atoms with E-state index < -0.39 is 8.32 Å². The minimum absolute atomic E-state index is 0.779. The van der Waals surface area contributed by atoms with Crippen LogP contribution in [0.1, 0.15) is 0 Å². The quantitative estimate of drug-likeness (QED) is 0.783. The van der Waals surface area contributed by atoms with Gasteiger partial charge in [-0.1, -0.05) is 15.9 Å². The smallest absolute Gasteiger partial charge is 0.242 e. The molecule has 1 aromatic carbocycles. The van der Waals surface area contributed by atoms with Crippen LogP contribution in [0.4, 0.5) is 0 Å². The predicted molar refractivity (Wildman–Crippen MR) is 64.7 cm³/mol. The number of hydrogen-bond acceptors (Lipinski definition) is 2. The van der Waals surface area contributed by atoms with Gasteiger partial charge < -0.3 is 9.16 Å². The lowest BCUT2D eigenvalue weighted by atomic mass is 10.3. The molecule has 0 amide bonds. The van der Waals surface area contributed by atoms with E-state index in [1.807, 2.05) is 18.2 Å². The second-order valence-electron chi connectivity index (χ2n) is 4.01. The molecule has 0 spiro atoms. The third-order valence-corrected chi connectivity index (χ3v) is 2.87. The van der Waals surface area contributed by atoms with Gasteiger partial charge in [0.2, 0.25) is 8.32 Å². The van der Waals surface area contributed by atoms with Gasteiger partial charge >= 0.3 is 0 Å². The van der Waals surface area contributed by atoms with Crippen LogP contribution in [0.5, 0.6) is 11.5 Å². The lowest BCUT2D eigenvalue weighted by Crippen LogP contribution is -2.29. The van der Waals surface area contributed by atoms with Crippen molar-refractivity contribution in [2.24, 2.45) is 0 Å². The third-order valence-electron chi connectivity index (χ3n) is 1.54. The maximum Gasteiger partial charge on any atom is 0.242 e. The lowest BCUT2D eigenvalue weighted by molar-refractivity contribution is 0.392. The Labute approximate surface area is 94.5 Å². The van der Waals surface area contributed by atoms with Crippen LogP contribution < -0.4 is 9.16 Å². The van der Waals surface area contributed by atoms with Gasteiger partial charge in [-0.2, -0.15) is 0 Å². The summed E-state index contributed by atoms with van der Waals surface area (Å²) in [5.74, 6) is 1.61. The molecular weight excluding hydrogens is 260 g/mol. The highest BCUT2D eigenvalue weighted by Crippen LogP contribution is 2.31. The standard InChI is InChI=1S/C10H15BrO2Si/c1-12-10-7-8(11)5-6-9(10)13-14(2,3)4/h5-7H,1-4H3. The summed E-state index contributed by atoms with van der Waals surface area (Å²) in [5, 5.41) is 0. The average molecular weight is 275 g/mol. The van der Waals surface area contributed by atoms with E-state index >= 15 is 0 Å². The molecule has 0 unspecified atom stereocenters. The highest BCUT2D eigenvalue weighted by atomic mass is 79.9. The molecule has 0 aliphatic carbocycles. The van der Waals surface area contributed by atoms with Crippen LogP contribution in [0.3, 0.4) is 0 Å². The largest absolute Gasteiger partial charge is 0.542 e. The molecule has 2 nitrogen and oxygen atoms in total. The minimum Gasteiger partial charge on any atom is -0.542 e. The maximum atomic E-state index is 5.87. The maximum absolute atomic E-state index is 5.87. The van der Waals surface area contributed by atoms with E-state index in [0.29, 0.717) is 0 Å². The van der Waals surface area contributed by atoms with Gasteiger partial charge in [-0.3, -0.25) is 0 Å². The van der Waals surface area contributed by atoms with Crippen LogP contribution in [0.2, 0.25) is 19.6 Å². The van der Waals surface area contributed by atoms with E-state index in [9.17, 15) is 0 Å². The molecule has 1 aromatic rings. The van der Waals surface area contributed by atoms with E-state index in [1.54, 1.807) is 7.11 Å². The van der Waals surface area contributed by atoms with Gasteiger partial charge in [0.15, 0.2) is 5.75 Å².